The third-order valence-corrected chi connectivity index (χ3v) is 8.43. The summed E-state index contributed by atoms with van der Waals surface area (Å²) in [7, 11) is 0. The van der Waals surface area contributed by atoms with Gasteiger partial charge in [-0.25, -0.2) is 9.79 Å². The summed E-state index contributed by atoms with van der Waals surface area (Å²) in [6, 6.07) is 2.76. The monoisotopic (exact) mass is 491 g/mol. The largest absolute Gasteiger partial charge is 0.449 e. The predicted molar refractivity (Wildman–Crippen MR) is 138 cm³/mol. The van der Waals surface area contributed by atoms with Crippen molar-refractivity contribution < 1.29 is 9.53 Å². The summed E-state index contributed by atoms with van der Waals surface area (Å²) < 4.78 is 7.55. The Morgan fingerprint density at radius 1 is 1.31 bits per heavy atom. The molecule has 36 heavy (non-hydrogen) atoms. The summed E-state index contributed by atoms with van der Waals surface area (Å²) in [4.78, 5) is 25.8. The highest BCUT2D eigenvalue weighted by Gasteiger charge is 2.48. The molecule has 1 saturated carbocycles. The summed E-state index contributed by atoms with van der Waals surface area (Å²) in [5.41, 5.74) is 1.98. The fourth-order valence-corrected chi connectivity index (χ4v) is 5.65. The Hall–Kier alpha value is -2.99. The average Bonchev–Trinajstić information content (AvgIpc) is 3.39. The first-order valence-corrected chi connectivity index (χ1v) is 13.1. The minimum absolute atomic E-state index is 0.0469. The van der Waals surface area contributed by atoms with Gasteiger partial charge in [-0.2, -0.15) is 10.4 Å². The topological polar surface area (TPSA) is 99.1 Å². The standard InChI is InChI=1S/C27H37N7O2/c1-4-5-23-20(2)29-19-30-24(23)21-14-31-34(15-21)27(10-11-28)16-33(17-27)22-6-12-32(13-7-22)25(35)36-18-26(3)8-9-26/h4-5,14-15,19,22-24H,6-10,12-13,16-18H2,1-3H3/b5-4-. The molecular weight excluding hydrogens is 454 g/mol. The van der Waals surface area contributed by atoms with E-state index in [2.05, 4.69) is 40.2 Å². The van der Waals surface area contributed by atoms with Gasteiger partial charge in [0.2, 0.25) is 0 Å². The number of likely N-dealkylation sites (tertiary alicyclic amines) is 2. The van der Waals surface area contributed by atoms with Crippen LogP contribution in [0.1, 0.15) is 64.5 Å². The molecule has 0 N–H and O–H groups in total. The maximum atomic E-state index is 12.4. The van der Waals surface area contributed by atoms with Crippen LogP contribution in [0.4, 0.5) is 4.79 Å². The Morgan fingerprint density at radius 3 is 2.72 bits per heavy atom. The highest BCUT2D eigenvalue weighted by molar-refractivity contribution is 5.94. The van der Waals surface area contributed by atoms with Crippen molar-refractivity contribution in [2.75, 3.05) is 32.8 Å². The van der Waals surface area contributed by atoms with Crippen molar-refractivity contribution in [2.45, 2.75) is 70.5 Å². The Morgan fingerprint density at radius 2 is 2.06 bits per heavy atom. The van der Waals surface area contributed by atoms with E-state index in [0.29, 0.717) is 19.1 Å². The van der Waals surface area contributed by atoms with E-state index in [1.807, 2.05) is 35.7 Å². The van der Waals surface area contributed by atoms with Gasteiger partial charge in [-0.3, -0.25) is 14.6 Å². The number of nitriles is 1. The molecule has 4 heterocycles. The second-order valence-electron chi connectivity index (χ2n) is 11.3. The van der Waals surface area contributed by atoms with Crippen LogP contribution in [0.15, 0.2) is 34.5 Å². The van der Waals surface area contributed by atoms with Gasteiger partial charge in [0, 0.05) is 61.0 Å². The van der Waals surface area contributed by atoms with Crippen molar-refractivity contribution in [3.63, 3.8) is 0 Å². The molecule has 0 spiro atoms. The molecule has 1 aromatic rings. The molecule has 9 heteroatoms. The van der Waals surface area contributed by atoms with Crippen LogP contribution < -0.4 is 0 Å². The number of hydrogen-bond acceptors (Lipinski definition) is 7. The number of amides is 1. The molecule has 3 fully saturated rings. The van der Waals surface area contributed by atoms with Crippen LogP contribution in [0, 0.1) is 22.7 Å². The maximum absolute atomic E-state index is 12.4. The first-order chi connectivity index (χ1) is 17.4. The highest BCUT2D eigenvalue weighted by Crippen LogP contribution is 2.45. The van der Waals surface area contributed by atoms with Crippen LogP contribution in [0.5, 0.6) is 0 Å². The van der Waals surface area contributed by atoms with Crippen LogP contribution in [0.3, 0.4) is 0 Å². The van der Waals surface area contributed by atoms with Crippen LogP contribution in [0.2, 0.25) is 0 Å². The van der Waals surface area contributed by atoms with Crippen molar-refractivity contribution in [1.82, 2.24) is 19.6 Å². The van der Waals surface area contributed by atoms with Crippen molar-refractivity contribution in [3.8, 4) is 6.07 Å². The number of rotatable bonds is 7. The van der Waals surface area contributed by atoms with E-state index in [1.165, 1.54) is 0 Å². The molecule has 4 aliphatic rings. The van der Waals surface area contributed by atoms with E-state index in [-0.39, 0.29) is 29.0 Å². The van der Waals surface area contributed by atoms with Gasteiger partial charge in [-0.1, -0.05) is 19.1 Å². The van der Waals surface area contributed by atoms with E-state index in [9.17, 15) is 10.1 Å². The van der Waals surface area contributed by atoms with E-state index in [4.69, 9.17) is 9.84 Å². The van der Waals surface area contributed by atoms with Crippen LogP contribution in [-0.4, -0.2) is 76.6 Å². The number of allylic oxidation sites excluding steroid dienone is 1. The number of carbonyl (C=O) groups excluding carboxylic acids is 1. The zero-order chi connectivity index (χ0) is 25.3. The Bertz CT molecular complexity index is 1100. The maximum Gasteiger partial charge on any atom is 0.409 e. The molecule has 5 rings (SSSR count). The number of hydrogen-bond donors (Lipinski definition) is 0. The van der Waals surface area contributed by atoms with E-state index < -0.39 is 0 Å². The molecule has 1 aliphatic carbocycles. The molecule has 2 saturated heterocycles. The summed E-state index contributed by atoms with van der Waals surface area (Å²) in [5.74, 6) is 0.117. The van der Waals surface area contributed by atoms with Gasteiger partial charge in [-0.05, 0) is 39.5 Å². The minimum atomic E-state index is -0.319. The summed E-state index contributed by atoms with van der Waals surface area (Å²) in [6.45, 7) is 9.79. The Kier molecular flexibility index (Phi) is 6.73. The van der Waals surface area contributed by atoms with Gasteiger partial charge >= 0.3 is 6.09 Å². The van der Waals surface area contributed by atoms with Gasteiger partial charge in [-0.15, -0.1) is 0 Å². The normalized spacial score (nSPS) is 27.4. The van der Waals surface area contributed by atoms with Gasteiger partial charge < -0.3 is 9.64 Å². The average molecular weight is 492 g/mol. The fourth-order valence-electron chi connectivity index (χ4n) is 5.65. The SMILES string of the molecule is C/C=C\C1C(C)=NC=NC1c1cnn(C2(CC#N)CN(C3CCN(C(=O)OCC4(C)CC4)CC3)C2)c1. The summed E-state index contributed by atoms with van der Waals surface area (Å²) in [5, 5.41) is 14.3. The second kappa shape index (κ2) is 9.81. The smallest absolute Gasteiger partial charge is 0.409 e. The van der Waals surface area contributed by atoms with Gasteiger partial charge in [0.05, 0.1) is 31.3 Å². The number of nitrogens with zero attached hydrogens (tertiary/aromatic N) is 7. The van der Waals surface area contributed by atoms with E-state index in [1.54, 1.807) is 6.34 Å². The molecule has 192 valence electrons. The van der Waals surface area contributed by atoms with Crippen LogP contribution >= 0.6 is 0 Å². The predicted octanol–water partition coefficient (Wildman–Crippen LogP) is 3.94. The first kappa shape index (κ1) is 24.7. The fraction of sp³-hybridized carbons (Fsp3) is 0.667. The van der Waals surface area contributed by atoms with E-state index >= 15 is 0 Å². The molecule has 1 amide bonds. The molecule has 9 nitrogen and oxygen atoms in total. The van der Waals surface area contributed by atoms with Crippen LogP contribution in [-0.2, 0) is 10.3 Å². The molecular formula is C27H37N7O2. The lowest BCUT2D eigenvalue weighted by Crippen LogP contribution is -2.66. The van der Waals surface area contributed by atoms with Crippen molar-refractivity contribution in [2.24, 2.45) is 21.3 Å². The number of aliphatic imine (C=N–C) groups is 2. The lowest BCUT2D eigenvalue weighted by molar-refractivity contribution is -0.0428. The second-order valence-corrected chi connectivity index (χ2v) is 11.3. The molecule has 1 aromatic heterocycles. The molecule has 0 radical (unpaired) electrons. The van der Waals surface area contributed by atoms with Gasteiger partial charge in [0.1, 0.15) is 11.9 Å². The lowest BCUT2D eigenvalue weighted by atomic mass is 9.83. The number of aromatic nitrogens is 2. The molecule has 2 atom stereocenters. The van der Waals surface area contributed by atoms with Crippen molar-refractivity contribution in [1.29, 1.82) is 5.26 Å². The summed E-state index contributed by atoms with van der Waals surface area (Å²) >= 11 is 0. The van der Waals surface area contributed by atoms with Gasteiger partial charge in [0.15, 0.2) is 0 Å². The molecule has 0 bridgehead atoms. The quantitative estimate of drug-likeness (QED) is 0.538. The zero-order valence-corrected chi connectivity index (χ0v) is 21.6. The Labute approximate surface area is 213 Å². The Balaban J connectivity index is 1.19. The molecule has 2 unspecified atom stereocenters. The van der Waals surface area contributed by atoms with Crippen LogP contribution in [0.25, 0.3) is 0 Å². The number of piperidine rings is 1. The van der Waals surface area contributed by atoms with Crippen molar-refractivity contribution >= 4 is 18.1 Å². The molecule has 3 aliphatic heterocycles. The van der Waals surface area contributed by atoms with Crippen molar-refractivity contribution in [3.05, 3.63) is 30.1 Å². The van der Waals surface area contributed by atoms with Gasteiger partial charge in [0.25, 0.3) is 0 Å². The number of ether oxygens (including phenoxy) is 1. The minimum Gasteiger partial charge on any atom is -0.449 e. The first-order valence-electron chi connectivity index (χ1n) is 13.1. The number of carbonyl (C=O) groups is 1. The third-order valence-electron chi connectivity index (χ3n) is 8.43. The summed E-state index contributed by atoms with van der Waals surface area (Å²) in [6.07, 6.45) is 14.2. The lowest BCUT2D eigenvalue weighted by Gasteiger charge is -2.53. The molecule has 0 aromatic carbocycles. The zero-order valence-electron chi connectivity index (χ0n) is 21.6. The third kappa shape index (κ3) is 4.83. The highest BCUT2D eigenvalue weighted by atomic mass is 16.6. The van der Waals surface area contributed by atoms with E-state index in [0.717, 1.165) is 63.1 Å².